The standard InChI is InChI=1S/C13H11BrINO/c1-8-6-13(11(14)7-12(8)16)17-10-4-2-9(15)3-5-10/h2-7H,16H2,1H3. The smallest absolute Gasteiger partial charge is 0.142 e. The minimum Gasteiger partial charge on any atom is -0.456 e. The predicted octanol–water partition coefficient (Wildman–Crippen LogP) is 4.74. The van der Waals surface area contributed by atoms with Crippen LogP contribution in [0, 0.1) is 10.5 Å². The van der Waals surface area contributed by atoms with Crippen LogP contribution >= 0.6 is 38.5 Å². The van der Waals surface area contributed by atoms with Crippen molar-refractivity contribution >= 4 is 44.2 Å². The van der Waals surface area contributed by atoms with Gasteiger partial charge in [0, 0.05) is 9.26 Å². The van der Waals surface area contributed by atoms with Crippen molar-refractivity contribution in [2.24, 2.45) is 0 Å². The highest BCUT2D eigenvalue weighted by atomic mass is 127. The lowest BCUT2D eigenvalue weighted by Crippen LogP contribution is -1.92. The highest BCUT2D eigenvalue weighted by Crippen LogP contribution is 2.33. The molecule has 0 saturated heterocycles. The third-order valence-corrected chi connectivity index (χ3v) is 3.70. The molecule has 2 nitrogen and oxygen atoms in total. The molecule has 0 aliphatic carbocycles. The lowest BCUT2D eigenvalue weighted by Gasteiger charge is -2.10. The third kappa shape index (κ3) is 3.13. The molecule has 0 aliphatic rings. The van der Waals surface area contributed by atoms with E-state index in [1.54, 1.807) is 0 Å². The lowest BCUT2D eigenvalue weighted by molar-refractivity contribution is 0.479. The van der Waals surface area contributed by atoms with E-state index in [0.29, 0.717) is 0 Å². The summed E-state index contributed by atoms with van der Waals surface area (Å²) in [6.07, 6.45) is 0. The zero-order valence-corrected chi connectivity index (χ0v) is 12.9. The lowest BCUT2D eigenvalue weighted by atomic mass is 10.2. The average Bonchev–Trinajstić information content (AvgIpc) is 2.29. The summed E-state index contributed by atoms with van der Waals surface area (Å²) in [4.78, 5) is 0. The second-order valence-corrected chi connectivity index (χ2v) is 5.80. The van der Waals surface area contributed by atoms with Crippen LogP contribution in [0.3, 0.4) is 0 Å². The Hall–Kier alpha value is -0.750. The molecule has 2 N–H and O–H groups in total. The van der Waals surface area contributed by atoms with Crippen LogP contribution in [0.25, 0.3) is 0 Å². The number of nitrogens with two attached hydrogens (primary N) is 1. The Kier molecular flexibility index (Phi) is 3.93. The maximum atomic E-state index is 5.82. The minimum absolute atomic E-state index is 0.756. The molecule has 2 aromatic carbocycles. The summed E-state index contributed by atoms with van der Waals surface area (Å²) in [5, 5.41) is 0. The largest absolute Gasteiger partial charge is 0.456 e. The van der Waals surface area contributed by atoms with Crippen LogP contribution in [-0.4, -0.2) is 0 Å². The Labute approximate surface area is 122 Å². The maximum absolute atomic E-state index is 5.82. The monoisotopic (exact) mass is 403 g/mol. The van der Waals surface area contributed by atoms with Crippen molar-refractivity contribution in [3.63, 3.8) is 0 Å². The third-order valence-electron chi connectivity index (χ3n) is 2.36. The molecule has 4 heteroatoms. The van der Waals surface area contributed by atoms with Crippen molar-refractivity contribution in [2.45, 2.75) is 6.92 Å². The fourth-order valence-corrected chi connectivity index (χ4v) is 2.18. The quantitative estimate of drug-likeness (QED) is 0.580. The summed E-state index contributed by atoms with van der Waals surface area (Å²) in [5.41, 5.74) is 7.58. The number of hydrogen-bond acceptors (Lipinski definition) is 2. The van der Waals surface area contributed by atoms with E-state index >= 15 is 0 Å². The molecule has 0 spiro atoms. The number of hydrogen-bond donors (Lipinski definition) is 1. The van der Waals surface area contributed by atoms with Gasteiger partial charge in [0.15, 0.2) is 0 Å². The number of ether oxygens (including phenoxy) is 1. The Morgan fingerprint density at radius 2 is 1.82 bits per heavy atom. The van der Waals surface area contributed by atoms with E-state index in [1.165, 1.54) is 3.57 Å². The Morgan fingerprint density at radius 3 is 2.47 bits per heavy atom. The first-order valence-electron chi connectivity index (χ1n) is 5.05. The Bertz CT molecular complexity index is 540. The van der Waals surface area contributed by atoms with Crippen molar-refractivity contribution in [3.8, 4) is 11.5 Å². The van der Waals surface area contributed by atoms with E-state index in [-0.39, 0.29) is 0 Å². The molecule has 0 aromatic heterocycles. The fraction of sp³-hybridized carbons (Fsp3) is 0.0769. The molecule has 0 amide bonds. The number of anilines is 1. The van der Waals surface area contributed by atoms with Crippen LogP contribution in [0.2, 0.25) is 0 Å². The first-order valence-corrected chi connectivity index (χ1v) is 6.92. The van der Waals surface area contributed by atoms with Crippen molar-refractivity contribution in [3.05, 3.63) is 50.0 Å². The van der Waals surface area contributed by atoms with Gasteiger partial charge in [-0.05, 0) is 87.4 Å². The molecule has 0 radical (unpaired) electrons. The molecule has 0 heterocycles. The number of rotatable bonds is 2. The van der Waals surface area contributed by atoms with Gasteiger partial charge in [-0.25, -0.2) is 0 Å². The second-order valence-electron chi connectivity index (χ2n) is 3.70. The van der Waals surface area contributed by atoms with Gasteiger partial charge in [-0.2, -0.15) is 0 Å². The van der Waals surface area contributed by atoms with Crippen LogP contribution in [0.4, 0.5) is 5.69 Å². The highest BCUT2D eigenvalue weighted by molar-refractivity contribution is 14.1. The normalized spacial score (nSPS) is 10.3. The number of aryl methyl sites for hydroxylation is 1. The zero-order valence-electron chi connectivity index (χ0n) is 9.21. The summed E-state index contributed by atoms with van der Waals surface area (Å²) >= 11 is 5.71. The van der Waals surface area contributed by atoms with E-state index in [2.05, 4.69) is 38.5 Å². The second kappa shape index (κ2) is 5.27. The summed E-state index contributed by atoms with van der Waals surface area (Å²) in [7, 11) is 0. The predicted molar refractivity (Wildman–Crippen MR) is 82.5 cm³/mol. The van der Waals surface area contributed by atoms with Crippen LogP contribution in [-0.2, 0) is 0 Å². The van der Waals surface area contributed by atoms with Gasteiger partial charge in [-0.1, -0.05) is 0 Å². The van der Waals surface area contributed by atoms with Crippen molar-refractivity contribution in [1.82, 2.24) is 0 Å². The Morgan fingerprint density at radius 1 is 1.18 bits per heavy atom. The van der Waals surface area contributed by atoms with E-state index in [1.807, 2.05) is 43.3 Å². The maximum Gasteiger partial charge on any atom is 0.142 e. The molecular weight excluding hydrogens is 393 g/mol. The summed E-state index contributed by atoms with van der Waals surface area (Å²) in [6.45, 7) is 1.96. The zero-order chi connectivity index (χ0) is 12.4. The molecule has 17 heavy (non-hydrogen) atoms. The van der Waals surface area contributed by atoms with Gasteiger partial charge >= 0.3 is 0 Å². The number of benzene rings is 2. The molecule has 0 aliphatic heterocycles. The van der Waals surface area contributed by atoms with E-state index in [9.17, 15) is 0 Å². The van der Waals surface area contributed by atoms with E-state index in [0.717, 1.165) is 27.2 Å². The highest BCUT2D eigenvalue weighted by Gasteiger charge is 2.05. The topological polar surface area (TPSA) is 35.2 Å². The SMILES string of the molecule is Cc1cc(Oc2ccc(I)cc2)c(Br)cc1N. The van der Waals surface area contributed by atoms with Gasteiger partial charge in [-0.15, -0.1) is 0 Å². The molecule has 0 unspecified atom stereocenters. The van der Waals surface area contributed by atoms with Gasteiger partial charge in [-0.3, -0.25) is 0 Å². The summed E-state index contributed by atoms with van der Waals surface area (Å²) in [5.74, 6) is 1.59. The molecule has 0 fully saturated rings. The molecule has 0 atom stereocenters. The fourth-order valence-electron chi connectivity index (χ4n) is 1.38. The molecule has 2 rings (SSSR count). The van der Waals surface area contributed by atoms with Crippen LogP contribution in [0.5, 0.6) is 11.5 Å². The van der Waals surface area contributed by atoms with Gasteiger partial charge in [0.25, 0.3) is 0 Å². The molecular formula is C13H11BrINO. The van der Waals surface area contributed by atoms with Gasteiger partial charge in [0.05, 0.1) is 4.47 Å². The van der Waals surface area contributed by atoms with Gasteiger partial charge in [0.2, 0.25) is 0 Å². The first kappa shape index (κ1) is 12.7. The average molecular weight is 404 g/mol. The first-order chi connectivity index (χ1) is 8.06. The Balaban J connectivity index is 2.30. The van der Waals surface area contributed by atoms with Crippen molar-refractivity contribution in [1.29, 1.82) is 0 Å². The molecule has 88 valence electrons. The summed E-state index contributed by atoms with van der Waals surface area (Å²) in [6, 6.07) is 11.7. The number of halogens is 2. The molecule has 0 saturated carbocycles. The minimum atomic E-state index is 0.756. The van der Waals surface area contributed by atoms with Crippen molar-refractivity contribution < 1.29 is 4.74 Å². The van der Waals surface area contributed by atoms with Crippen LogP contribution in [0.15, 0.2) is 40.9 Å². The molecule has 0 bridgehead atoms. The number of nitrogen functional groups attached to an aromatic ring is 1. The molecule has 2 aromatic rings. The van der Waals surface area contributed by atoms with Crippen molar-refractivity contribution in [2.75, 3.05) is 5.73 Å². The van der Waals surface area contributed by atoms with Crippen LogP contribution in [0.1, 0.15) is 5.56 Å². The summed E-state index contributed by atoms with van der Waals surface area (Å²) < 4.78 is 7.84. The van der Waals surface area contributed by atoms with E-state index in [4.69, 9.17) is 10.5 Å². The van der Waals surface area contributed by atoms with Crippen LogP contribution < -0.4 is 10.5 Å². The van der Waals surface area contributed by atoms with Gasteiger partial charge in [0.1, 0.15) is 11.5 Å². The van der Waals surface area contributed by atoms with Gasteiger partial charge < -0.3 is 10.5 Å². The van der Waals surface area contributed by atoms with E-state index < -0.39 is 0 Å².